The van der Waals surface area contributed by atoms with E-state index < -0.39 is 0 Å². The predicted octanol–water partition coefficient (Wildman–Crippen LogP) is 2.47. The number of rotatable bonds is 3. The van der Waals surface area contributed by atoms with Gasteiger partial charge in [0.15, 0.2) is 0 Å². The molecule has 1 aromatic rings. The minimum absolute atomic E-state index is 0.642. The standard InChI is InChI=1S/C14H23N3/c1-11-6-5-8-13(14(11)15)16-10-12-7-3-4-9-17(12)2/h5-6,8,12,16H,3-4,7,9-10,15H2,1-2H3. The number of likely N-dealkylation sites (tertiary alicyclic amines) is 1. The summed E-state index contributed by atoms with van der Waals surface area (Å²) in [4.78, 5) is 2.45. The first-order chi connectivity index (χ1) is 8.18. The molecule has 0 saturated carbocycles. The largest absolute Gasteiger partial charge is 0.397 e. The monoisotopic (exact) mass is 233 g/mol. The first kappa shape index (κ1) is 12.2. The van der Waals surface area contributed by atoms with Crippen molar-refractivity contribution in [3.05, 3.63) is 23.8 Å². The zero-order valence-corrected chi connectivity index (χ0v) is 10.9. The molecule has 1 atom stereocenters. The molecule has 0 spiro atoms. The molecule has 1 fully saturated rings. The Balaban J connectivity index is 1.95. The molecule has 0 amide bonds. The van der Waals surface area contributed by atoms with Gasteiger partial charge in [0.1, 0.15) is 0 Å². The van der Waals surface area contributed by atoms with E-state index in [0.717, 1.165) is 23.5 Å². The Morgan fingerprint density at radius 1 is 1.41 bits per heavy atom. The Labute approximate surface area is 104 Å². The van der Waals surface area contributed by atoms with Gasteiger partial charge in [0.05, 0.1) is 11.4 Å². The number of nitrogen functional groups attached to an aromatic ring is 1. The summed E-state index contributed by atoms with van der Waals surface area (Å²) < 4.78 is 0. The Kier molecular flexibility index (Phi) is 3.89. The van der Waals surface area contributed by atoms with E-state index in [1.807, 2.05) is 13.0 Å². The van der Waals surface area contributed by atoms with E-state index in [9.17, 15) is 0 Å². The van der Waals surface area contributed by atoms with Crippen LogP contribution in [0.4, 0.5) is 11.4 Å². The maximum Gasteiger partial charge on any atom is 0.0579 e. The number of anilines is 2. The highest BCUT2D eigenvalue weighted by Gasteiger charge is 2.18. The summed E-state index contributed by atoms with van der Waals surface area (Å²) in [6.45, 7) is 4.26. The summed E-state index contributed by atoms with van der Waals surface area (Å²) in [5.74, 6) is 0. The minimum atomic E-state index is 0.642. The molecule has 1 saturated heterocycles. The van der Waals surface area contributed by atoms with Crippen LogP contribution < -0.4 is 11.1 Å². The molecule has 0 bridgehead atoms. The number of nitrogens with zero attached hydrogens (tertiary/aromatic N) is 1. The summed E-state index contributed by atoms with van der Waals surface area (Å²) >= 11 is 0. The Morgan fingerprint density at radius 3 is 3.00 bits per heavy atom. The van der Waals surface area contributed by atoms with Crippen LogP contribution >= 0.6 is 0 Å². The summed E-state index contributed by atoms with van der Waals surface area (Å²) in [7, 11) is 2.21. The normalized spacial score (nSPS) is 21.4. The lowest BCUT2D eigenvalue weighted by Gasteiger charge is -2.32. The summed E-state index contributed by atoms with van der Waals surface area (Å²) in [5, 5.41) is 3.49. The van der Waals surface area contributed by atoms with Crippen LogP contribution in [0.5, 0.6) is 0 Å². The fourth-order valence-electron chi connectivity index (χ4n) is 2.46. The highest BCUT2D eigenvalue weighted by atomic mass is 15.2. The molecule has 1 heterocycles. The molecule has 3 N–H and O–H groups in total. The maximum atomic E-state index is 6.06. The second-order valence-corrected chi connectivity index (χ2v) is 5.05. The van der Waals surface area contributed by atoms with Crippen molar-refractivity contribution >= 4 is 11.4 Å². The van der Waals surface area contributed by atoms with Gasteiger partial charge < -0.3 is 16.0 Å². The fraction of sp³-hybridized carbons (Fsp3) is 0.571. The number of para-hydroxylation sites is 1. The molecule has 1 aliphatic heterocycles. The molecule has 0 aromatic heterocycles. The number of hydrogen-bond donors (Lipinski definition) is 2. The zero-order chi connectivity index (χ0) is 12.3. The van der Waals surface area contributed by atoms with Gasteiger partial charge in [-0.3, -0.25) is 0 Å². The zero-order valence-electron chi connectivity index (χ0n) is 10.9. The van der Waals surface area contributed by atoms with Gasteiger partial charge in [0.2, 0.25) is 0 Å². The van der Waals surface area contributed by atoms with Crippen LogP contribution in [0.25, 0.3) is 0 Å². The van der Waals surface area contributed by atoms with E-state index in [1.54, 1.807) is 0 Å². The van der Waals surface area contributed by atoms with Gasteiger partial charge in [-0.15, -0.1) is 0 Å². The van der Waals surface area contributed by atoms with Crippen molar-refractivity contribution in [2.75, 3.05) is 31.2 Å². The molecule has 1 unspecified atom stereocenters. The quantitative estimate of drug-likeness (QED) is 0.788. The van der Waals surface area contributed by atoms with E-state index in [-0.39, 0.29) is 0 Å². The first-order valence-corrected chi connectivity index (χ1v) is 6.47. The summed E-state index contributed by atoms with van der Waals surface area (Å²) in [6, 6.07) is 6.81. The molecule has 3 heteroatoms. The van der Waals surface area contributed by atoms with Crippen molar-refractivity contribution in [3.8, 4) is 0 Å². The number of nitrogens with one attached hydrogen (secondary N) is 1. The third-order valence-electron chi connectivity index (χ3n) is 3.77. The Bertz CT molecular complexity index is 376. The van der Waals surface area contributed by atoms with Crippen molar-refractivity contribution in [1.82, 2.24) is 4.90 Å². The second-order valence-electron chi connectivity index (χ2n) is 5.05. The van der Waals surface area contributed by atoms with Gasteiger partial charge in [-0.1, -0.05) is 18.6 Å². The lowest BCUT2D eigenvalue weighted by atomic mass is 10.0. The number of benzene rings is 1. The van der Waals surface area contributed by atoms with Crippen LogP contribution in [0.3, 0.4) is 0 Å². The predicted molar refractivity (Wildman–Crippen MR) is 74.4 cm³/mol. The highest BCUT2D eigenvalue weighted by Crippen LogP contribution is 2.23. The minimum Gasteiger partial charge on any atom is -0.397 e. The molecule has 17 heavy (non-hydrogen) atoms. The topological polar surface area (TPSA) is 41.3 Å². The van der Waals surface area contributed by atoms with Crippen LogP contribution in [0, 0.1) is 6.92 Å². The molecular formula is C14H23N3. The molecule has 2 rings (SSSR count). The van der Waals surface area contributed by atoms with Crippen LogP contribution in [-0.4, -0.2) is 31.1 Å². The molecule has 1 aliphatic rings. The molecular weight excluding hydrogens is 210 g/mol. The van der Waals surface area contributed by atoms with E-state index in [0.29, 0.717) is 6.04 Å². The number of aryl methyl sites for hydroxylation is 1. The van der Waals surface area contributed by atoms with Crippen molar-refractivity contribution in [3.63, 3.8) is 0 Å². The van der Waals surface area contributed by atoms with Crippen LogP contribution in [-0.2, 0) is 0 Å². The highest BCUT2D eigenvalue weighted by molar-refractivity contribution is 5.69. The average molecular weight is 233 g/mol. The number of hydrogen-bond acceptors (Lipinski definition) is 3. The second kappa shape index (κ2) is 5.41. The van der Waals surface area contributed by atoms with Gasteiger partial charge in [-0.25, -0.2) is 0 Å². The van der Waals surface area contributed by atoms with Crippen LogP contribution in [0.2, 0.25) is 0 Å². The Morgan fingerprint density at radius 2 is 2.24 bits per heavy atom. The van der Waals surface area contributed by atoms with Crippen LogP contribution in [0.15, 0.2) is 18.2 Å². The third-order valence-corrected chi connectivity index (χ3v) is 3.77. The van der Waals surface area contributed by atoms with E-state index in [4.69, 9.17) is 5.73 Å². The van der Waals surface area contributed by atoms with Crippen LogP contribution in [0.1, 0.15) is 24.8 Å². The van der Waals surface area contributed by atoms with Gasteiger partial charge in [-0.2, -0.15) is 0 Å². The number of likely N-dealkylation sites (N-methyl/N-ethyl adjacent to an activating group) is 1. The maximum absolute atomic E-state index is 6.06. The van der Waals surface area contributed by atoms with Crippen molar-refractivity contribution < 1.29 is 0 Å². The summed E-state index contributed by atoms with van der Waals surface area (Å²) in [5.41, 5.74) is 9.16. The molecule has 0 radical (unpaired) electrons. The molecule has 1 aromatic carbocycles. The average Bonchev–Trinajstić information content (AvgIpc) is 2.33. The number of nitrogens with two attached hydrogens (primary N) is 1. The van der Waals surface area contributed by atoms with E-state index in [2.05, 4.69) is 29.4 Å². The molecule has 94 valence electrons. The molecule has 3 nitrogen and oxygen atoms in total. The number of piperidine rings is 1. The lowest BCUT2D eigenvalue weighted by Crippen LogP contribution is -2.40. The Hall–Kier alpha value is -1.22. The van der Waals surface area contributed by atoms with Gasteiger partial charge in [-0.05, 0) is 45.0 Å². The van der Waals surface area contributed by atoms with E-state index >= 15 is 0 Å². The summed E-state index contributed by atoms with van der Waals surface area (Å²) in [6.07, 6.45) is 3.97. The van der Waals surface area contributed by atoms with Crippen molar-refractivity contribution in [2.24, 2.45) is 0 Å². The third kappa shape index (κ3) is 2.91. The molecule has 0 aliphatic carbocycles. The van der Waals surface area contributed by atoms with E-state index in [1.165, 1.54) is 25.8 Å². The van der Waals surface area contributed by atoms with Crippen molar-refractivity contribution in [1.29, 1.82) is 0 Å². The SMILES string of the molecule is Cc1cccc(NCC2CCCCN2C)c1N. The smallest absolute Gasteiger partial charge is 0.0579 e. The van der Waals surface area contributed by atoms with Crippen molar-refractivity contribution in [2.45, 2.75) is 32.2 Å². The first-order valence-electron chi connectivity index (χ1n) is 6.47. The van der Waals surface area contributed by atoms with Gasteiger partial charge in [0.25, 0.3) is 0 Å². The van der Waals surface area contributed by atoms with Gasteiger partial charge >= 0.3 is 0 Å². The van der Waals surface area contributed by atoms with Gasteiger partial charge in [0, 0.05) is 12.6 Å². The lowest BCUT2D eigenvalue weighted by molar-refractivity contribution is 0.194. The fourth-order valence-corrected chi connectivity index (χ4v) is 2.46.